The van der Waals surface area contributed by atoms with Gasteiger partial charge in [-0.1, -0.05) is 85.0 Å². The zero-order valence-corrected chi connectivity index (χ0v) is 21.8. The normalized spacial score (nSPS) is 29.8. The van der Waals surface area contributed by atoms with Gasteiger partial charge in [0.2, 0.25) is 17.7 Å². The second-order valence-corrected chi connectivity index (χ2v) is 10.7. The van der Waals surface area contributed by atoms with Crippen LogP contribution in [-0.4, -0.2) is 81.5 Å². The Labute approximate surface area is 228 Å². The first-order valence-corrected chi connectivity index (χ1v) is 13.6. The smallest absolute Gasteiger partial charge is 0.249 e. The molecule has 2 saturated heterocycles. The third kappa shape index (κ3) is 4.37. The number of aliphatic hydroxyl groups excluding tert-OH is 1. The molecule has 4 aliphatic heterocycles. The molecule has 8 nitrogen and oxygen atoms in total. The molecule has 2 aromatic rings. The molecule has 39 heavy (non-hydrogen) atoms. The summed E-state index contributed by atoms with van der Waals surface area (Å²) in [6.45, 7) is 1.75. The molecule has 0 aliphatic carbocycles. The molecule has 8 heteroatoms. The molecule has 0 bridgehead atoms. The van der Waals surface area contributed by atoms with Crippen molar-refractivity contribution in [1.82, 2.24) is 14.7 Å². The van der Waals surface area contributed by atoms with E-state index in [0.29, 0.717) is 32.6 Å². The Morgan fingerprint density at radius 2 is 1.44 bits per heavy atom. The van der Waals surface area contributed by atoms with Crippen molar-refractivity contribution in [1.29, 1.82) is 0 Å². The molecule has 3 amide bonds. The highest BCUT2D eigenvalue weighted by Gasteiger charge is 2.71. The lowest BCUT2D eigenvalue weighted by molar-refractivity contribution is -0.148. The fraction of sp³-hybridized carbons (Fsp3) is 0.387. The predicted molar refractivity (Wildman–Crippen MR) is 144 cm³/mol. The van der Waals surface area contributed by atoms with Crippen molar-refractivity contribution in [3.63, 3.8) is 0 Å². The molecular formula is C31H33N3O5. The number of rotatable bonds is 7. The molecule has 4 heterocycles. The first-order valence-electron chi connectivity index (χ1n) is 13.6. The lowest BCUT2D eigenvalue weighted by Crippen LogP contribution is -2.55. The molecule has 1 spiro atoms. The van der Waals surface area contributed by atoms with E-state index >= 15 is 0 Å². The average Bonchev–Trinajstić information content (AvgIpc) is 3.27. The van der Waals surface area contributed by atoms with Crippen LogP contribution in [-0.2, 0) is 32.2 Å². The van der Waals surface area contributed by atoms with Crippen LogP contribution in [0.15, 0.2) is 85.0 Å². The number of aliphatic hydroxyl groups is 1. The SMILES string of the molecule is O=C1C2N(CCCO)C(=O)[C@@H]3[C@H]4C(=O)N(Cc5ccccc5)CC=C[C@H]4O[C@]23C=CCN1Cc1ccccc1. The minimum absolute atomic E-state index is 0.106. The van der Waals surface area contributed by atoms with Gasteiger partial charge in [0.1, 0.15) is 11.6 Å². The van der Waals surface area contributed by atoms with Crippen LogP contribution in [0.1, 0.15) is 17.5 Å². The van der Waals surface area contributed by atoms with Gasteiger partial charge in [0.15, 0.2) is 0 Å². The van der Waals surface area contributed by atoms with E-state index < -0.39 is 29.6 Å². The maximum Gasteiger partial charge on any atom is 0.249 e. The van der Waals surface area contributed by atoms with Crippen LogP contribution >= 0.6 is 0 Å². The Morgan fingerprint density at radius 3 is 2.08 bits per heavy atom. The van der Waals surface area contributed by atoms with Crippen LogP contribution in [0.5, 0.6) is 0 Å². The van der Waals surface area contributed by atoms with E-state index in [0.717, 1.165) is 11.1 Å². The first kappa shape index (κ1) is 25.5. The summed E-state index contributed by atoms with van der Waals surface area (Å²) in [5.74, 6) is -2.16. The lowest BCUT2D eigenvalue weighted by atomic mass is 9.77. The summed E-state index contributed by atoms with van der Waals surface area (Å²) in [4.78, 5) is 47.4. The standard InChI is InChI=1S/C31H33N3O5/c35-19-9-18-34-27-30(38)33(21-23-12-5-2-6-13-23)17-8-15-31(27)26(29(34)37)25-24(39-31)14-7-16-32(28(25)36)20-22-10-3-1-4-11-22/h1-8,10-15,24-27,35H,9,16-21H2/t24-,25+,26+,27?,31+/m1/s1. The summed E-state index contributed by atoms with van der Waals surface area (Å²) >= 11 is 0. The molecule has 1 N–H and O–H groups in total. The minimum Gasteiger partial charge on any atom is -0.396 e. The summed E-state index contributed by atoms with van der Waals surface area (Å²) in [6, 6.07) is 18.6. The zero-order chi connectivity index (χ0) is 27.0. The van der Waals surface area contributed by atoms with Crippen LogP contribution in [0.2, 0.25) is 0 Å². The third-order valence-corrected chi connectivity index (χ3v) is 8.32. The van der Waals surface area contributed by atoms with Crippen LogP contribution in [0, 0.1) is 11.8 Å². The molecule has 0 saturated carbocycles. The monoisotopic (exact) mass is 527 g/mol. The van der Waals surface area contributed by atoms with Gasteiger partial charge >= 0.3 is 0 Å². The number of hydrogen-bond acceptors (Lipinski definition) is 5. The van der Waals surface area contributed by atoms with Crippen molar-refractivity contribution in [2.45, 2.75) is 37.3 Å². The van der Waals surface area contributed by atoms with Gasteiger partial charge in [-0.15, -0.1) is 0 Å². The molecule has 2 fully saturated rings. The van der Waals surface area contributed by atoms with Crippen LogP contribution in [0.4, 0.5) is 0 Å². The van der Waals surface area contributed by atoms with Gasteiger partial charge in [-0.3, -0.25) is 14.4 Å². The van der Waals surface area contributed by atoms with Gasteiger partial charge in [-0.05, 0) is 17.5 Å². The summed E-state index contributed by atoms with van der Waals surface area (Å²) in [5, 5.41) is 9.57. The van der Waals surface area contributed by atoms with Crippen molar-refractivity contribution in [2.75, 3.05) is 26.2 Å². The van der Waals surface area contributed by atoms with E-state index in [1.54, 1.807) is 14.7 Å². The van der Waals surface area contributed by atoms with Crippen molar-refractivity contribution >= 4 is 17.7 Å². The van der Waals surface area contributed by atoms with Gasteiger partial charge in [0.25, 0.3) is 0 Å². The molecule has 4 aliphatic rings. The fourth-order valence-electron chi connectivity index (χ4n) is 6.61. The van der Waals surface area contributed by atoms with E-state index in [4.69, 9.17) is 4.74 Å². The van der Waals surface area contributed by atoms with Gasteiger partial charge in [-0.2, -0.15) is 0 Å². The van der Waals surface area contributed by atoms with E-state index in [-0.39, 0.29) is 30.9 Å². The topological polar surface area (TPSA) is 90.4 Å². The molecule has 6 rings (SSSR count). The third-order valence-electron chi connectivity index (χ3n) is 8.32. The number of amides is 3. The second kappa shape index (κ2) is 10.4. The van der Waals surface area contributed by atoms with Crippen LogP contribution in [0.25, 0.3) is 0 Å². The van der Waals surface area contributed by atoms with Gasteiger partial charge in [0.05, 0.1) is 17.9 Å². The van der Waals surface area contributed by atoms with Crippen LogP contribution < -0.4 is 0 Å². The molecular weight excluding hydrogens is 494 g/mol. The van der Waals surface area contributed by atoms with E-state index in [1.165, 1.54) is 0 Å². The van der Waals surface area contributed by atoms with Crippen LogP contribution in [0.3, 0.4) is 0 Å². The highest BCUT2D eigenvalue weighted by atomic mass is 16.5. The number of hydrogen-bond donors (Lipinski definition) is 1. The largest absolute Gasteiger partial charge is 0.396 e. The van der Waals surface area contributed by atoms with Crippen molar-refractivity contribution in [2.24, 2.45) is 11.8 Å². The fourth-order valence-corrected chi connectivity index (χ4v) is 6.61. The maximum atomic E-state index is 14.2. The number of fused-ring (bicyclic) bond motifs is 2. The Hall–Kier alpha value is -3.75. The second-order valence-electron chi connectivity index (χ2n) is 10.7. The van der Waals surface area contributed by atoms with Crippen molar-refractivity contribution in [3.8, 4) is 0 Å². The average molecular weight is 528 g/mol. The van der Waals surface area contributed by atoms with Gasteiger partial charge < -0.3 is 24.5 Å². The maximum absolute atomic E-state index is 14.2. The molecule has 2 aromatic carbocycles. The molecule has 5 atom stereocenters. The number of benzene rings is 2. The summed E-state index contributed by atoms with van der Waals surface area (Å²) < 4.78 is 6.67. The summed E-state index contributed by atoms with van der Waals surface area (Å²) in [7, 11) is 0. The highest BCUT2D eigenvalue weighted by Crippen LogP contribution is 2.53. The first-order chi connectivity index (χ1) is 19.0. The molecule has 0 radical (unpaired) electrons. The van der Waals surface area contributed by atoms with Gasteiger partial charge in [-0.25, -0.2) is 0 Å². The Balaban J connectivity index is 1.36. The number of carbonyl (C=O) groups is 3. The Kier molecular flexibility index (Phi) is 6.83. The zero-order valence-electron chi connectivity index (χ0n) is 21.8. The van der Waals surface area contributed by atoms with Crippen molar-refractivity contribution in [3.05, 3.63) is 96.1 Å². The number of likely N-dealkylation sites (tertiary alicyclic amines) is 1. The minimum atomic E-state index is -1.25. The number of ether oxygens (including phenoxy) is 1. The molecule has 0 aromatic heterocycles. The quantitative estimate of drug-likeness (QED) is 0.558. The van der Waals surface area contributed by atoms with E-state index in [9.17, 15) is 19.5 Å². The number of nitrogens with zero attached hydrogens (tertiary/aromatic N) is 3. The molecule has 1 unspecified atom stereocenters. The summed E-state index contributed by atoms with van der Waals surface area (Å²) in [6.07, 6.45) is 7.30. The summed E-state index contributed by atoms with van der Waals surface area (Å²) in [5.41, 5.74) is 0.748. The van der Waals surface area contributed by atoms with E-state index in [1.807, 2.05) is 85.0 Å². The highest BCUT2D eigenvalue weighted by molar-refractivity contribution is 5.99. The Morgan fingerprint density at radius 1 is 0.821 bits per heavy atom. The van der Waals surface area contributed by atoms with Gasteiger partial charge in [0, 0.05) is 39.3 Å². The predicted octanol–water partition coefficient (Wildman–Crippen LogP) is 2.15. The number of carbonyl (C=O) groups excluding carboxylic acids is 3. The lowest BCUT2D eigenvalue weighted by Gasteiger charge is -2.35. The molecule has 202 valence electrons. The van der Waals surface area contributed by atoms with E-state index in [2.05, 4.69) is 0 Å². The Bertz CT molecular complexity index is 1300. The van der Waals surface area contributed by atoms with Crippen molar-refractivity contribution < 1.29 is 24.2 Å².